The largest absolute Gasteiger partial charge is 0.490 e. The highest BCUT2D eigenvalue weighted by molar-refractivity contribution is 5.46. The second-order valence-corrected chi connectivity index (χ2v) is 4.96. The first-order valence-corrected chi connectivity index (χ1v) is 6.17. The lowest BCUT2D eigenvalue weighted by Gasteiger charge is -2.19. The van der Waals surface area contributed by atoms with E-state index in [-0.39, 0.29) is 18.0 Å². The van der Waals surface area contributed by atoms with Gasteiger partial charge in [0, 0.05) is 0 Å². The third kappa shape index (κ3) is 6.23. The van der Waals surface area contributed by atoms with Crippen LogP contribution in [0.4, 0.5) is 4.39 Å². The van der Waals surface area contributed by atoms with E-state index in [1.165, 1.54) is 12.1 Å². The van der Waals surface area contributed by atoms with Crippen molar-refractivity contribution in [3.63, 3.8) is 0 Å². The molecule has 0 aliphatic heterocycles. The molecular weight excluding hydrogens is 245 g/mol. The molecule has 0 saturated heterocycles. The van der Waals surface area contributed by atoms with E-state index < -0.39 is 0 Å². The Labute approximate surface area is 113 Å². The smallest absolute Gasteiger partial charge is 0.135 e. The van der Waals surface area contributed by atoms with E-state index >= 15 is 0 Å². The van der Waals surface area contributed by atoms with Gasteiger partial charge in [0.05, 0.1) is 24.3 Å². The molecule has 0 fully saturated rings. The maximum Gasteiger partial charge on any atom is 0.135 e. The lowest BCUT2D eigenvalue weighted by molar-refractivity contribution is -0.0163. The minimum atomic E-state index is -0.348. The summed E-state index contributed by atoms with van der Waals surface area (Å²) < 4.78 is 24.2. The van der Waals surface area contributed by atoms with Gasteiger partial charge in [-0.1, -0.05) is 11.8 Å². The quantitative estimate of drug-likeness (QED) is 0.671. The summed E-state index contributed by atoms with van der Waals surface area (Å²) in [6, 6.07) is 4.24. The molecule has 4 heteroatoms. The second-order valence-electron chi connectivity index (χ2n) is 4.96. The molecule has 0 bridgehead atoms. The summed E-state index contributed by atoms with van der Waals surface area (Å²) in [5.74, 6) is 5.67. The lowest BCUT2D eigenvalue weighted by Crippen LogP contribution is -2.22. The van der Waals surface area contributed by atoms with Crippen molar-refractivity contribution in [2.24, 2.45) is 5.73 Å². The molecule has 0 radical (unpaired) electrons. The molecule has 0 unspecified atom stereocenters. The zero-order chi connectivity index (χ0) is 14.3. The lowest BCUT2D eigenvalue weighted by atomic mass is 10.2. The van der Waals surface area contributed by atoms with Crippen LogP contribution in [0, 0.1) is 17.7 Å². The molecule has 104 valence electrons. The van der Waals surface area contributed by atoms with Crippen molar-refractivity contribution in [1.82, 2.24) is 0 Å². The maximum atomic E-state index is 13.1. The maximum absolute atomic E-state index is 13.1. The Morgan fingerprint density at radius 3 is 2.63 bits per heavy atom. The fourth-order valence-corrected chi connectivity index (χ4v) is 1.37. The summed E-state index contributed by atoms with van der Waals surface area (Å²) in [4.78, 5) is 0. The van der Waals surface area contributed by atoms with Gasteiger partial charge in [0.25, 0.3) is 0 Å². The highest BCUT2D eigenvalue weighted by Gasteiger charge is 2.10. The van der Waals surface area contributed by atoms with Crippen LogP contribution in [0.1, 0.15) is 26.3 Å². The number of ether oxygens (including phenoxy) is 2. The normalized spacial score (nSPS) is 10.8. The van der Waals surface area contributed by atoms with Gasteiger partial charge in [0.15, 0.2) is 0 Å². The molecule has 0 spiro atoms. The van der Waals surface area contributed by atoms with Crippen LogP contribution >= 0.6 is 0 Å². The van der Waals surface area contributed by atoms with Crippen LogP contribution in [-0.2, 0) is 4.74 Å². The number of hydrogen-bond acceptors (Lipinski definition) is 3. The summed E-state index contributed by atoms with van der Waals surface area (Å²) in [7, 11) is 0. The molecule has 19 heavy (non-hydrogen) atoms. The predicted octanol–water partition coefficient (Wildman–Crippen LogP) is 2.33. The minimum Gasteiger partial charge on any atom is -0.490 e. The third-order valence-corrected chi connectivity index (χ3v) is 2.14. The fourth-order valence-electron chi connectivity index (χ4n) is 1.37. The number of hydrogen-bond donors (Lipinski definition) is 1. The van der Waals surface area contributed by atoms with E-state index in [4.69, 9.17) is 15.2 Å². The molecule has 0 atom stereocenters. The van der Waals surface area contributed by atoms with Crippen molar-refractivity contribution in [3.05, 3.63) is 29.6 Å². The number of rotatable bonds is 4. The van der Waals surface area contributed by atoms with E-state index in [0.717, 1.165) is 0 Å². The monoisotopic (exact) mass is 265 g/mol. The summed E-state index contributed by atoms with van der Waals surface area (Å²) >= 11 is 0. The fraction of sp³-hybridized carbons (Fsp3) is 0.467. The molecule has 1 aromatic carbocycles. The van der Waals surface area contributed by atoms with E-state index in [0.29, 0.717) is 24.5 Å². The molecular formula is C15H20FNO2. The topological polar surface area (TPSA) is 44.5 Å². The first kappa shape index (κ1) is 15.5. The van der Waals surface area contributed by atoms with Crippen LogP contribution in [0.5, 0.6) is 5.75 Å². The zero-order valence-electron chi connectivity index (χ0n) is 11.6. The molecule has 0 aliphatic rings. The Bertz CT molecular complexity index is 469. The van der Waals surface area contributed by atoms with Crippen LogP contribution in [0.2, 0.25) is 0 Å². The van der Waals surface area contributed by atoms with Crippen molar-refractivity contribution in [1.29, 1.82) is 0 Å². The van der Waals surface area contributed by atoms with Gasteiger partial charge in [-0.15, -0.1) is 0 Å². The van der Waals surface area contributed by atoms with Gasteiger partial charge in [-0.2, -0.15) is 0 Å². The molecule has 2 N–H and O–H groups in total. The summed E-state index contributed by atoms with van der Waals surface area (Å²) in [5.41, 5.74) is 5.61. The van der Waals surface area contributed by atoms with Gasteiger partial charge in [0.2, 0.25) is 0 Å². The van der Waals surface area contributed by atoms with Crippen LogP contribution in [0.25, 0.3) is 0 Å². The zero-order valence-corrected chi connectivity index (χ0v) is 11.6. The first-order chi connectivity index (χ1) is 8.92. The van der Waals surface area contributed by atoms with Crippen molar-refractivity contribution >= 4 is 0 Å². The number of benzene rings is 1. The number of nitrogens with two attached hydrogens (primary N) is 1. The molecule has 1 aromatic rings. The average Bonchev–Trinajstić information content (AvgIpc) is 2.32. The van der Waals surface area contributed by atoms with E-state index in [1.807, 2.05) is 20.8 Å². The Morgan fingerprint density at radius 2 is 2.00 bits per heavy atom. The Morgan fingerprint density at radius 1 is 1.26 bits per heavy atom. The van der Waals surface area contributed by atoms with E-state index in [2.05, 4.69) is 11.8 Å². The van der Waals surface area contributed by atoms with Gasteiger partial charge in [-0.05, 0) is 39.0 Å². The summed E-state index contributed by atoms with van der Waals surface area (Å²) in [6.45, 7) is 7.00. The highest BCUT2D eigenvalue weighted by atomic mass is 19.1. The Kier molecular flexibility index (Phi) is 5.81. The standard InChI is InChI=1S/C15H20FNO2/c1-15(2,3)19-10-9-18-14-7-6-13(16)11-12(14)5-4-8-17/h6-7,11H,8-10,17H2,1-3H3. The van der Waals surface area contributed by atoms with Gasteiger partial charge in [-0.3, -0.25) is 0 Å². The molecule has 3 nitrogen and oxygen atoms in total. The highest BCUT2D eigenvalue weighted by Crippen LogP contribution is 2.18. The Hall–Kier alpha value is -1.57. The van der Waals surface area contributed by atoms with E-state index in [9.17, 15) is 4.39 Å². The predicted molar refractivity (Wildman–Crippen MR) is 73.5 cm³/mol. The van der Waals surface area contributed by atoms with Gasteiger partial charge in [0.1, 0.15) is 18.2 Å². The van der Waals surface area contributed by atoms with E-state index in [1.54, 1.807) is 6.07 Å². The first-order valence-electron chi connectivity index (χ1n) is 6.17. The summed E-state index contributed by atoms with van der Waals surface area (Å²) in [6.07, 6.45) is 0. The van der Waals surface area contributed by atoms with Crippen molar-refractivity contribution < 1.29 is 13.9 Å². The molecule has 0 aromatic heterocycles. The van der Waals surface area contributed by atoms with Crippen molar-refractivity contribution in [2.45, 2.75) is 26.4 Å². The minimum absolute atomic E-state index is 0.200. The Balaban J connectivity index is 2.62. The molecule has 0 aliphatic carbocycles. The van der Waals surface area contributed by atoms with Crippen molar-refractivity contribution in [3.8, 4) is 17.6 Å². The third-order valence-electron chi connectivity index (χ3n) is 2.14. The van der Waals surface area contributed by atoms with Crippen LogP contribution < -0.4 is 10.5 Å². The second kappa shape index (κ2) is 7.13. The molecule has 1 rings (SSSR count). The van der Waals surface area contributed by atoms with Crippen molar-refractivity contribution in [2.75, 3.05) is 19.8 Å². The van der Waals surface area contributed by atoms with Crippen LogP contribution in [0.3, 0.4) is 0 Å². The SMILES string of the molecule is CC(C)(C)OCCOc1ccc(F)cc1C#CCN. The number of halogens is 1. The molecule has 0 heterocycles. The van der Waals surface area contributed by atoms with Gasteiger partial charge < -0.3 is 15.2 Å². The molecule has 0 saturated carbocycles. The van der Waals surface area contributed by atoms with Gasteiger partial charge in [-0.25, -0.2) is 4.39 Å². The average molecular weight is 265 g/mol. The summed E-state index contributed by atoms with van der Waals surface area (Å²) in [5, 5.41) is 0. The van der Waals surface area contributed by atoms with Gasteiger partial charge >= 0.3 is 0 Å². The molecule has 0 amide bonds. The van der Waals surface area contributed by atoms with Crippen LogP contribution in [-0.4, -0.2) is 25.4 Å². The van der Waals surface area contributed by atoms with Crippen LogP contribution in [0.15, 0.2) is 18.2 Å².